The van der Waals surface area contributed by atoms with Gasteiger partial charge in [-0.2, -0.15) is 0 Å². The highest BCUT2D eigenvalue weighted by atomic mass is 35.5. The van der Waals surface area contributed by atoms with Gasteiger partial charge in [0.1, 0.15) is 0 Å². The number of amides is 2. The number of carbonyl (C=O) groups excluding carboxylic acids is 2. The molecule has 4 saturated carbocycles. The van der Waals surface area contributed by atoms with Crippen LogP contribution in [0.5, 0.6) is 0 Å². The summed E-state index contributed by atoms with van der Waals surface area (Å²) < 4.78 is 0. The number of nitrogens with one attached hydrogen (secondary N) is 1. The Morgan fingerprint density at radius 3 is 2.00 bits per heavy atom. The van der Waals surface area contributed by atoms with Gasteiger partial charge in [0.05, 0.1) is 5.41 Å². The molecule has 1 aromatic carbocycles. The fourth-order valence-electron chi connectivity index (χ4n) is 6.80. The van der Waals surface area contributed by atoms with Crippen LogP contribution in [0.3, 0.4) is 0 Å². The molecular formula is C23H29ClN2O2. The molecular weight excluding hydrogens is 372 g/mol. The van der Waals surface area contributed by atoms with Crippen molar-refractivity contribution in [2.24, 2.45) is 23.2 Å². The van der Waals surface area contributed by atoms with E-state index in [0.717, 1.165) is 62.9 Å². The summed E-state index contributed by atoms with van der Waals surface area (Å²) in [5.74, 6) is 2.76. The van der Waals surface area contributed by atoms with Crippen LogP contribution in [-0.2, 0) is 4.79 Å². The molecule has 2 amide bonds. The lowest BCUT2D eigenvalue weighted by Gasteiger charge is -2.57. The number of hydrogen-bond acceptors (Lipinski definition) is 2. The van der Waals surface area contributed by atoms with Crippen LogP contribution in [0.15, 0.2) is 24.3 Å². The topological polar surface area (TPSA) is 49.4 Å². The molecule has 1 N–H and O–H groups in total. The molecule has 4 bridgehead atoms. The van der Waals surface area contributed by atoms with Crippen molar-refractivity contribution in [1.29, 1.82) is 0 Å². The number of hydrogen-bond donors (Lipinski definition) is 1. The number of nitrogens with zero attached hydrogens (tertiary/aromatic N) is 1. The fraction of sp³-hybridized carbons (Fsp3) is 0.652. The summed E-state index contributed by atoms with van der Waals surface area (Å²) in [7, 11) is 0. The van der Waals surface area contributed by atoms with E-state index in [1.165, 1.54) is 19.3 Å². The molecule has 5 aliphatic rings. The Bertz CT molecular complexity index is 732. The summed E-state index contributed by atoms with van der Waals surface area (Å²) >= 11 is 5.90. The molecule has 4 aliphatic carbocycles. The summed E-state index contributed by atoms with van der Waals surface area (Å²) in [6.45, 7) is 1.54. The molecule has 1 saturated heterocycles. The second-order valence-corrected chi connectivity index (χ2v) is 10.2. The van der Waals surface area contributed by atoms with Gasteiger partial charge in [-0.1, -0.05) is 11.6 Å². The fourth-order valence-corrected chi connectivity index (χ4v) is 6.93. The highest BCUT2D eigenvalue weighted by molar-refractivity contribution is 6.30. The van der Waals surface area contributed by atoms with E-state index in [4.69, 9.17) is 11.6 Å². The Balaban J connectivity index is 1.18. The first-order chi connectivity index (χ1) is 13.5. The van der Waals surface area contributed by atoms with E-state index < -0.39 is 0 Å². The first-order valence-electron chi connectivity index (χ1n) is 10.9. The van der Waals surface area contributed by atoms with Gasteiger partial charge >= 0.3 is 0 Å². The van der Waals surface area contributed by atoms with Crippen LogP contribution < -0.4 is 5.32 Å². The van der Waals surface area contributed by atoms with Crippen LogP contribution >= 0.6 is 11.6 Å². The minimum Gasteiger partial charge on any atom is -0.349 e. The average Bonchev–Trinajstić information content (AvgIpc) is 2.67. The molecule has 1 aliphatic heterocycles. The summed E-state index contributed by atoms with van der Waals surface area (Å²) in [4.78, 5) is 28.0. The standard InChI is InChI=1S/C23H29ClN2O2/c24-19-3-1-18(2-4-19)21(27)25-20-5-7-26(8-6-20)22(28)23-12-15-9-16(13-23)11-17(10-15)14-23/h1-4,15-17,20H,5-14H2,(H,25,27). The second kappa shape index (κ2) is 7.05. The molecule has 5 heteroatoms. The summed E-state index contributed by atoms with van der Waals surface area (Å²) in [5.41, 5.74) is 0.588. The number of carbonyl (C=O) groups is 2. The molecule has 0 aromatic heterocycles. The van der Waals surface area contributed by atoms with E-state index in [1.807, 2.05) is 0 Å². The lowest BCUT2D eigenvalue weighted by atomic mass is 9.49. The number of piperidine rings is 1. The monoisotopic (exact) mass is 400 g/mol. The highest BCUT2D eigenvalue weighted by Crippen LogP contribution is 2.60. The summed E-state index contributed by atoms with van der Waals surface area (Å²) in [6, 6.07) is 7.13. The Morgan fingerprint density at radius 1 is 0.929 bits per heavy atom. The van der Waals surface area contributed by atoms with Crippen molar-refractivity contribution in [3.63, 3.8) is 0 Å². The summed E-state index contributed by atoms with van der Waals surface area (Å²) in [5, 5.41) is 3.76. The lowest BCUT2D eigenvalue weighted by molar-refractivity contribution is -0.158. The maximum atomic E-state index is 13.5. The maximum absolute atomic E-state index is 13.5. The Labute approximate surface area is 172 Å². The van der Waals surface area contributed by atoms with Crippen LogP contribution in [-0.4, -0.2) is 35.8 Å². The molecule has 6 rings (SSSR count). The SMILES string of the molecule is O=C(NC1CCN(C(=O)C23CC4CC(CC(C4)C2)C3)CC1)c1ccc(Cl)cc1. The zero-order valence-electron chi connectivity index (χ0n) is 16.3. The normalized spacial score (nSPS) is 34.5. The zero-order valence-corrected chi connectivity index (χ0v) is 17.1. The number of rotatable bonds is 3. The molecule has 150 valence electrons. The van der Waals surface area contributed by atoms with E-state index in [2.05, 4.69) is 10.2 Å². The molecule has 0 atom stereocenters. The Hall–Kier alpha value is -1.55. The quantitative estimate of drug-likeness (QED) is 0.823. The first-order valence-corrected chi connectivity index (χ1v) is 11.2. The molecule has 5 fully saturated rings. The van der Waals surface area contributed by atoms with Crippen LogP contribution in [0.4, 0.5) is 0 Å². The van der Waals surface area contributed by atoms with Crippen LogP contribution in [0, 0.1) is 23.2 Å². The molecule has 28 heavy (non-hydrogen) atoms. The minimum absolute atomic E-state index is 0.0475. The van der Waals surface area contributed by atoms with Crippen molar-refractivity contribution in [3.8, 4) is 0 Å². The van der Waals surface area contributed by atoms with Gasteiger partial charge in [-0.15, -0.1) is 0 Å². The highest BCUT2D eigenvalue weighted by Gasteiger charge is 2.55. The van der Waals surface area contributed by atoms with Gasteiger partial charge in [0.15, 0.2) is 0 Å². The van der Waals surface area contributed by atoms with E-state index in [9.17, 15) is 9.59 Å². The predicted molar refractivity (Wildman–Crippen MR) is 109 cm³/mol. The van der Waals surface area contributed by atoms with Gasteiger partial charge in [0.25, 0.3) is 5.91 Å². The number of halogens is 1. The largest absolute Gasteiger partial charge is 0.349 e. The van der Waals surface area contributed by atoms with Crippen molar-refractivity contribution in [2.75, 3.05) is 13.1 Å². The molecule has 4 nitrogen and oxygen atoms in total. The van der Waals surface area contributed by atoms with Crippen LogP contribution in [0.1, 0.15) is 61.7 Å². The van der Waals surface area contributed by atoms with Gasteiger partial charge < -0.3 is 10.2 Å². The molecule has 1 heterocycles. The van der Waals surface area contributed by atoms with Crippen molar-refractivity contribution in [1.82, 2.24) is 10.2 Å². The van der Waals surface area contributed by atoms with Gasteiger partial charge in [-0.3, -0.25) is 9.59 Å². The van der Waals surface area contributed by atoms with Crippen molar-refractivity contribution >= 4 is 23.4 Å². The predicted octanol–water partition coefficient (Wildman–Crippen LogP) is 4.28. The van der Waals surface area contributed by atoms with Crippen molar-refractivity contribution in [3.05, 3.63) is 34.9 Å². The second-order valence-electron chi connectivity index (χ2n) is 9.74. The number of likely N-dealkylation sites (tertiary alicyclic amines) is 1. The van der Waals surface area contributed by atoms with Crippen LogP contribution in [0.2, 0.25) is 5.02 Å². The number of benzene rings is 1. The first kappa shape index (κ1) is 18.5. The van der Waals surface area contributed by atoms with Crippen LogP contribution in [0.25, 0.3) is 0 Å². The minimum atomic E-state index is -0.0532. The summed E-state index contributed by atoms with van der Waals surface area (Å²) in [6.07, 6.45) is 9.18. The third-order valence-corrected chi connectivity index (χ3v) is 7.97. The van der Waals surface area contributed by atoms with E-state index >= 15 is 0 Å². The molecule has 1 aromatic rings. The van der Waals surface area contributed by atoms with Gasteiger partial charge in [-0.05, 0) is 93.4 Å². The van der Waals surface area contributed by atoms with E-state index in [0.29, 0.717) is 16.5 Å². The van der Waals surface area contributed by atoms with Gasteiger partial charge in [0, 0.05) is 29.7 Å². The molecule has 0 spiro atoms. The van der Waals surface area contributed by atoms with Crippen molar-refractivity contribution < 1.29 is 9.59 Å². The maximum Gasteiger partial charge on any atom is 0.251 e. The Morgan fingerprint density at radius 2 is 1.46 bits per heavy atom. The Kier molecular flexibility index (Phi) is 4.65. The van der Waals surface area contributed by atoms with E-state index in [1.54, 1.807) is 24.3 Å². The average molecular weight is 401 g/mol. The molecule has 0 unspecified atom stereocenters. The smallest absolute Gasteiger partial charge is 0.251 e. The molecule has 0 radical (unpaired) electrons. The third kappa shape index (κ3) is 3.34. The lowest BCUT2D eigenvalue weighted by Crippen LogP contribution is -2.56. The zero-order chi connectivity index (χ0) is 19.3. The van der Waals surface area contributed by atoms with Gasteiger partial charge in [0.2, 0.25) is 5.91 Å². The third-order valence-electron chi connectivity index (χ3n) is 7.72. The van der Waals surface area contributed by atoms with Gasteiger partial charge in [-0.25, -0.2) is 0 Å². The van der Waals surface area contributed by atoms with E-state index in [-0.39, 0.29) is 17.4 Å². The van der Waals surface area contributed by atoms with Crippen molar-refractivity contribution in [2.45, 2.75) is 57.4 Å².